The van der Waals surface area contributed by atoms with Crippen LogP contribution in [0.3, 0.4) is 0 Å². The summed E-state index contributed by atoms with van der Waals surface area (Å²) in [5.74, 6) is 0.460. The summed E-state index contributed by atoms with van der Waals surface area (Å²) in [5.41, 5.74) is 1.81. The highest BCUT2D eigenvalue weighted by atomic mass is 79.9. The summed E-state index contributed by atoms with van der Waals surface area (Å²) in [6.07, 6.45) is 3.60. The van der Waals surface area contributed by atoms with Crippen molar-refractivity contribution in [2.75, 3.05) is 13.1 Å². The SMILES string of the molecule is N#C/C(=C\c1ccc(OCc2ccccc2Cl)c(Br)c1)C(=O)N1CCCC1. The Kier molecular flexibility index (Phi) is 6.54. The normalized spacial score (nSPS) is 14.1. The minimum Gasteiger partial charge on any atom is -0.488 e. The first-order valence-corrected chi connectivity index (χ1v) is 9.82. The van der Waals surface area contributed by atoms with E-state index < -0.39 is 0 Å². The van der Waals surface area contributed by atoms with E-state index in [1.165, 1.54) is 0 Å². The molecule has 1 heterocycles. The molecular weight excluding hydrogens is 428 g/mol. The Morgan fingerprint density at radius 3 is 2.67 bits per heavy atom. The number of halogens is 2. The number of nitriles is 1. The number of carbonyl (C=O) groups is 1. The van der Waals surface area contributed by atoms with Crippen LogP contribution in [0.15, 0.2) is 52.5 Å². The highest BCUT2D eigenvalue weighted by Crippen LogP contribution is 2.28. The van der Waals surface area contributed by atoms with Crippen molar-refractivity contribution in [2.24, 2.45) is 0 Å². The topological polar surface area (TPSA) is 53.3 Å². The Balaban J connectivity index is 1.72. The number of rotatable bonds is 5. The van der Waals surface area contributed by atoms with Gasteiger partial charge in [0, 0.05) is 23.7 Å². The summed E-state index contributed by atoms with van der Waals surface area (Å²) >= 11 is 9.64. The van der Waals surface area contributed by atoms with E-state index in [0.29, 0.717) is 17.4 Å². The molecule has 3 rings (SSSR count). The van der Waals surface area contributed by atoms with Crippen LogP contribution < -0.4 is 4.74 Å². The average molecular weight is 446 g/mol. The van der Waals surface area contributed by atoms with Gasteiger partial charge in [-0.1, -0.05) is 35.9 Å². The van der Waals surface area contributed by atoms with E-state index in [-0.39, 0.29) is 11.5 Å². The molecule has 1 aliphatic rings. The largest absolute Gasteiger partial charge is 0.488 e. The first kappa shape index (κ1) is 19.5. The van der Waals surface area contributed by atoms with Crippen molar-refractivity contribution < 1.29 is 9.53 Å². The lowest BCUT2D eigenvalue weighted by Gasteiger charge is -2.14. The lowest BCUT2D eigenvalue weighted by atomic mass is 10.1. The van der Waals surface area contributed by atoms with Gasteiger partial charge in [0.05, 0.1) is 4.47 Å². The van der Waals surface area contributed by atoms with Crippen LogP contribution in [0.25, 0.3) is 6.08 Å². The molecule has 0 aliphatic carbocycles. The van der Waals surface area contributed by atoms with Crippen molar-refractivity contribution >= 4 is 39.5 Å². The second-order valence-corrected chi connectivity index (χ2v) is 7.50. The molecular formula is C21H18BrClN2O2. The van der Waals surface area contributed by atoms with Crippen LogP contribution in [0.1, 0.15) is 24.0 Å². The summed E-state index contributed by atoms with van der Waals surface area (Å²) in [4.78, 5) is 14.1. The van der Waals surface area contributed by atoms with Gasteiger partial charge in [0.15, 0.2) is 0 Å². The number of hydrogen-bond acceptors (Lipinski definition) is 3. The monoisotopic (exact) mass is 444 g/mol. The van der Waals surface area contributed by atoms with Crippen LogP contribution in [0.2, 0.25) is 5.02 Å². The predicted octanol–water partition coefficient (Wildman–Crippen LogP) is 5.21. The molecule has 2 aromatic carbocycles. The van der Waals surface area contributed by atoms with Crippen LogP contribution in [0, 0.1) is 11.3 Å². The van der Waals surface area contributed by atoms with Crippen molar-refractivity contribution in [1.29, 1.82) is 5.26 Å². The number of carbonyl (C=O) groups excluding carboxylic acids is 1. The Hall–Kier alpha value is -2.29. The maximum Gasteiger partial charge on any atom is 0.264 e. The van der Waals surface area contributed by atoms with Gasteiger partial charge < -0.3 is 9.64 Å². The molecule has 4 nitrogen and oxygen atoms in total. The molecule has 1 fully saturated rings. The zero-order valence-electron chi connectivity index (χ0n) is 14.6. The first-order valence-electron chi connectivity index (χ1n) is 8.65. The van der Waals surface area contributed by atoms with Gasteiger partial charge in [0.1, 0.15) is 24.0 Å². The van der Waals surface area contributed by atoms with Crippen LogP contribution in [-0.4, -0.2) is 23.9 Å². The van der Waals surface area contributed by atoms with E-state index in [1.807, 2.05) is 48.5 Å². The smallest absolute Gasteiger partial charge is 0.264 e. The summed E-state index contributed by atoms with van der Waals surface area (Å²) in [7, 11) is 0. The zero-order chi connectivity index (χ0) is 19.2. The number of ether oxygens (including phenoxy) is 1. The molecule has 0 N–H and O–H groups in total. The van der Waals surface area contributed by atoms with Gasteiger partial charge in [-0.2, -0.15) is 5.26 Å². The Morgan fingerprint density at radius 1 is 1.26 bits per heavy atom. The van der Waals surface area contributed by atoms with Crippen molar-refractivity contribution in [3.05, 3.63) is 68.7 Å². The lowest BCUT2D eigenvalue weighted by molar-refractivity contribution is -0.125. The van der Waals surface area contributed by atoms with E-state index in [9.17, 15) is 10.1 Å². The molecule has 27 heavy (non-hydrogen) atoms. The predicted molar refractivity (Wildman–Crippen MR) is 109 cm³/mol. The second kappa shape index (κ2) is 9.07. The molecule has 1 saturated heterocycles. The Labute approximate surface area is 172 Å². The van der Waals surface area contributed by atoms with Crippen LogP contribution in [-0.2, 0) is 11.4 Å². The number of likely N-dealkylation sites (tertiary alicyclic amines) is 1. The summed E-state index contributed by atoms with van der Waals surface area (Å²) in [6.45, 7) is 1.79. The van der Waals surface area contributed by atoms with E-state index in [4.69, 9.17) is 16.3 Å². The summed E-state index contributed by atoms with van der Waals surface area (Å²) in [6, 6.07) is 15.0. The fourth-order valence-electron chi connectivity index (χ4n) is 2.89. The first-order chi connectivity index (χ1) is 13.1. The van der Waals surface area contributed by atoms with Crippen LogP contribution in [0.4, 0.5) is 0 Å². The summed E-state index contributed by atoms with van der Waals surface area (Å²) in [5, 5.41) is 10.0. The van der Waals surface area contributed by atoms with Gasteiger partial charge in [-0.3, -0.25) is 4.79 Å². The van der Waals surface area contributed by atoms with Gasteiger partial charge >= 0.3 is 0 Å². The van der Waals surface area contributed by atoms with E-state index in [2.05, 4.69) is 15.9 Å². The molecule has 0 aromatic heterocycles. The lowest BCUT2D eigenvalue weighted by Crippen LogP contribution is -2.28. The molecule has 0 bridgehead atoms. The Morgan fingerprint density at radius 2 is 2.00 bits per heavy atom. The van der Waals surface area contributed by atoms with Gasteiger partial charge in [-0.25, -0.2) is 0 Å². The van der Waals surface area contributed by atoms with Crippen molar-refractivity contribution in [3.63, 3.8) is 0 Å². The third-order valence-corrected chi connectivity index (χ3v) is 5.34. The fraction of sp³-hybridized carbons (Fsp3) is 0.238. The van der Waals surface area contributed by atoms with Gasteiger partial charge in [-0.15, -0.1) is 0 Å². The molecule has 1 aliphatic heterocycles. The van der Waals surface area contributed by atoms with Crippen molar-refractivity contribution in [1.82, 2.24) is 4.90 Å². The third kappa shape index (κ3) is 4.91. The van der Waals surface area contributed by atoms with Gasteiger partial charge in [-0.05, 0) is 58.6 Å². The Bertz CT molecular complexity index is 915. The molecule has 0 radical (unpaired) electrons. The van der Waals surface area contributed by atoms with E-state index in [1.54, 1.807) is 11.0 Å². The second-order valence-electron chi connectivity index (χ2n) is 6.24. The summed E-state index contributed by atoms with van der Waals surface area (Å²) < 4.78 is 6.57. The zero-order valence-corrected chi connectivity index (χ0v) is 17.0. The van der Waals surface area contributed by atoms with Gasteiger partial charge in [0.2, 0.25) is 0 Å². The maximum atomic E-state index is 12.4. The number of benzene rings is 2. The molecule has 2 aromatic rings. The molecule has 0 saturated carbocycles. The number of hydrogen-bond donors (Lipinski definition) is 0. The third-order valence-electron chi connectivity index (χ3n) is 4.35. The molecule has 0 spiro atoms. The van der Waals surface area contributed by atoms with Gasteiger partial charge in [0.25, 0.3) is 5.91 Å². The fourth-order valence-corrected chi connectivity index (χ4v) is 3.60. The van der Waals surface area contributed by atoms with Crippen molar-refractivity contribution in [2.45, 2.75) is 19.4 Å². The standard InChI is InChI=1S/C21H18BrClN2O2/c22-18-12-15(11-17(13-24)21(26)25-9-3-4-10-25)7-8-20(18)27-14-16-5-1-2-6-19(16)23/h1-2,5-8,11-12H,3-4,9-10,14H2/b17-11+. The molecule has 138 valence electrons. The molecule has 0 unspecified atom stereocenters. The molecule has 1 amide bonds. The highest BCUT2D eigenvalue weighted by molar-refractivity contribution is 9.10. The minimum absolute atomic E-state index is 0.147. The maximum absolute atomic E-state index is 12.4. The van der Waals surface area contributed by atoms with Crippen LogP contribution >= 0.6 is 27.5 Å². The highest BCUT2D eigenvalue weighted by Gasteiger charge is 2.21. The van der Waals surface area contributed by atoms with Crippen molar-refractivity contribution in [3.8, 4) is 11.8 Å². The quantitative estimate of drug-likeness (QED) is 0.469. The van der Waals surface area contributed by atoms with E-state index >= 15 is 0 Å². The number of amides is 1. The molecule has 6 heteroatoms. The van der Waals surface area contributed by atoms with Crippen LogP contribution in [0.5, 0.6) is 5.75 Å². The number of nitrogens with zero attached hydrogens (tertiary/aromatic N) is 2. The molecule has 0 atom stereocenters. The minimum atomic E-state index is -0.204. The van der Waals surface area contributed by atoms with E-state index in [0.717, 1.165) is 41.5 Å². The average Bonchev–Trinajstić information content (AvgIpc) is 3.21.